The number of aromatic nitrogens is 4. The van der Waals surface area contributed by atoms with Gasteiger partial charge in [0.25, 0.3) is 0 Å². The Kier molecular flexibility index (Phi) is 7.80. The summed E-state index contributed by atoms with van der Waals surface area (Å²) >= 11 is 0. The summed E-state index contributed by atoms with van der Waals surface area (Å²) in [5.41, 5.74) is 14.3. The quantitative estimate of drug-likeness (QED) is 0.171. The summed E-state index contributed by atoms with van der Waals surface area (Å²) in [6.45, 7) is 0. The molecule has 8 aromatic carbocycles. The lowest BCUT2D eigenvalue weighted by atomic mass is 10.0. The van der Waals surface area contributed by atoms with Gasteiger partial charge in [-0.1, -0.05) is 140 Å². The number of nitriles is 1. The normalized spacial score (nSPS) is 11.4. The first-order valence-corrected chi connectivity index (χ1v) is 19.4. The smallest absolute Gasteiger partial charge is 0.235 e. The van der Waals surface area contributed by atoms with Gasteiger partial charge in [-0.3, -0.25) is 4.57 Å². The third-order valence-corrected chi connectivity index (χ3v) is 11.2. The second-order valence-corrected chi connectivity index (χ2v) is 14.6. The minimum Gasteiger partial charge on any atom is -0.309 e. The van der Waals surface area contributed by atoms with Gasteiger partial charge in [-0.15, -0.1) is 0 Å². The van der Waals surface area contributed by atoms with Gasteiger partial charge in [0.15, 0.2) is 0 Å². The molecule has 3 heterocycles. The summed E-state index contributed by atoms with van der Waals surface area (Å²) in [5, 5.41) is 14.0. The van der Waals surface area contributed by atoms with Crippen molar-refractivity contribution < 1.29 is 0 Å². The number of hydrogen-bond acceptors (Lipinski definition) is 3. The molecule has 11 rings (SSSR count). The van der Waals surface area contributed by atoms with E-state index >= 15 is 0 Å². The molecule has 0 aliphatic carbocycles. The Morgan fingerprint density at radius 2 is 0.828 bits per heavy atom. The number of fused-ring (bicyclic) bond motifs is 6. The Morgan fingerprint density at radius 1 is 0.345 bits per heavy atom. The highest BCUT2D eigenvalue weighted by Crippen LogP contribution is 2.38. The zero-order valence-electron chi connectivity index (χ0n) is 31.3. The van der Waals surface area contributed by atoms with E-state index in [-0.39, 0.29) is 0 Å². The van der Waals surface area contributed by atoms with Gasteiger partial charge in [-0.25, -0.2) is 9.97 Å². The van der Waals surface area contributed by atoms with Crippen LogP contribution in [0.3, 0.4) is 0 Å². The number of rotatable bonds is 6. The maximum absolute atomic E-state index is 9.28. The predicted molar refractivity (Wildman–Crippen MR) is 237 cm³/mol. The van der Waals surface area contributed by atoms with Crippen LogP contribution in [-0.2, 0) is 0 Å². The van der Waals surface area contributed by atoms with Crippen LogP contribution in [0.2, 0.25) is 0 Å². The van der Waals surface area contributed by atoms with Crippen LogP contribution in [0.25, 0.3) is 100 Å². The third kappa shape index (κ3) is 5.55. The first-order valence-electron chi connectivity index (χ1n) is 19.4. The molecule has 5 nitrogen and oxygen atoms in total. The Balaban J connectivity index is 1.09. The fraction of sp³-hybridized carbons (Fsp3) is 0. The fourth-order valence-electron chi connectivity index (χ4n) is 8.38. The summed E-state index contributed by atoms with van der Waals surface area (Å²) in [5.74, 6) is 0.609. The Morgan fingerprint density at radius 3 is 1.52 bits per heavy atom. The SMILES string of the molecule is N#Cc1ccc(-c2ccc(-c3cc(-c4ccccc4)nc(-n4c5ccccc5c5ccc(-c6ccc7c(c6)c6ccccc6n7-c6ccccc6)cc54)n3)cc2)cc1. The topological polar surface area (TPSA) is 59.4 Å². The van der Waals surface area contributed by atoms with Crippen molar-refractivity contribution in [1.82, 2.24) is 19.1 Å². The van der Waals surface area contributed by atoms with E-state index in [9.17, 15) is 5.26 Å². The zero-order valence-corrected chi connectivity index (χ0v) is 31.3. The molecule has 0 radical (unpaired) electrons. The number of benzene rings is 8. The van der Waals surface area contributed by atoms with Crippen molar-refractivity contribution in [3.8, 4) is 62.5 Å². The minimum atomic E-state index is 0.609. The second kappa shape index (κ2) is 13.6. The van der Waals surface area contributed by atoms with E-state index < -0.39 is 0 Å². The highest BCUT2D eigenvalue weighted by Gasteiger charge is 2.19. The third-order valence-electron chi connectivity index (χ3n) is 11.2. The van der Waals surface area contributed by atoms with Crippen molar-refractivity contribution in [2.24, 2.45) is 0 Å². The maximum atomic E-state index is 9.28. The summed E-state index contributed by atoms with van der Waals surface area (Å²) in [6, 6.07) is 72.1. The standard InChI is InChI=1S/C53H33N5/c54-34-35-19-21-36(22-20-35)37-23-25-39(26-24-37)48-33-47(38-11-3-1-4-12-38)55-53(56-48)58-50-18-10-7-15-43(50)45-29-27-41(32-52(45)58)40-28-30-51-46(31-40)44-16-8-9-17-49(44)57(51)42-13-5-2-6-14-42/h1-33H. The molecule has 0 amide bonds. The van der Waals surface area contributed by atoms with Gasteiger partial charge in [0, 0.05) is 38.4 Å². The molecule has 3 aromatic heterocycles. The van der Waals surface area contributed by atoms with E-state index in [1.165, 1.54) is 21.8 Å². The summed E-state index contributed by atoms with van der Waals surface area (Å²) in [7, 11) is 0. The lowest BCUT2D eigenvalue weighted by Gasteiger charge is -2.13. The second-order valence-electron chi connectivity index (χ2n) is 14.6. The van der Waals surface area contributed by atoms with Crippen LogP contribution < -0.4 is 0 Å². The number of hydrogen-bond donors (Lipinski definition) is 0. The first-order chi connectivity index (χ1) is 28.7. The summed E-state index contributed by atoms with van der Waals surface area (Å²) < 4.78 is 4.57. The van der Waals surface area contributed by atoms with Crippen molar-refractivity contribution >= 4 is 43.6 Å². The van der Waals surface area contributed by atoms with E-state index in [1.807, 2.05) is 42.5 Å². The molecule has 0 N–H and O–H groups in total. The highest BCUT2D eigenvalue weighted by molar-refractivity contribution is 6.12. The van der Waals surface area contributed by atoms with Gasteiger partial charge in [0.2, 0.25) is 5.95 Å². The lowest BCUT2D eigenvalue weighted by molar-refractivity contribution is 0.996. The van der Waals surface area contributed by atoms with Gasteiger partial charge >= 0.3 is 0 Å². The van der Waals surface area contributed by atoms with Crippen molar-refractivity contribution in [2.75, 3.05) is 0 Å². The highest BCUT2D eigenvalue weighted by atomic mass is 15.2. The van der Waals surface area contributed by atoms with E-state index in [0.717, 1.165) is 72.3 Å². The van der Waals surface area contributed by atoms with Gasteiger partial charge in [-0.2, -0.15) is 5.26 Å². The molecule has 0 atom stereocenters. The van der Waals surface area contributed by atoms with Crippen molar-refractivity contribution in [1.29, 1.82) is 5.26 Å². The minimum absolute atomic E-state index is 0.609. The van der Waals surface area contributed by atoms with Crippen LogP contribution in [0.15, 0.2) is 200 Å². The predicted octanol–water partition coefficient (Wildman–Crippen LogP) is 13.2. The van der Waals surface area contributed by atoms with E-state index in [0.29, 0.717) is 11.5 Å². The van der Waals surface area contributed by atoms with Gasteiger partial charge < -0.3 is 4.57 Å². The van der Waals surface area contributed by atoms with E-state index in [1.54, 1.807) is 0 Å². The average molecular weight is 740 g/mol. The molecule has 0 saturated heterocycles. The molecule has 5 heteroatoms. The molecular weight excluding hydrogens is 707 g/mol. The Labute approximate surface area is 335 Å². The summed E-state index contributed by atoms with van der Waals surface area (Å²) in [4.78, 5) is 10.6. The van der Waals surface area contributed by atoms with Crippen molar-refractivity contribution in [3.63, 3.8) is 0 Å². The maximum Gasteiger partial charge on any atom is 0.235 e. The molecule has 11 aromatic rings. The zero-order chi connectivity index (χ0) is 38.6. The molecule has 0 aliphatic heterocycles. The summed E-state index contributed by atoms with van der Waals surface area (Å²) in [6.07, 6.45) is 0. The molecule has 0 unspecified atom stereocenters. The number of nitrogens with zero attached hydrogens (tertiary/aromatic N) is 5. The molecule has 0 fully saturated rings. The van der Waals surface area contributed by atoms with Crippen LogP contribution in [0.4, 0.5) is 0 Å². The fourth-order valence-corrected chi connectivity index (χ4v) is 8.38. The molecule has 0 spiro atoms. The van der Waals surface area contributed by atoms with E-state index in [4.69, 9.17) is 9.97 Å². The van der Waals surface area contributed by atoms with Gasteiger partial charge in [0.05, 0.1) is 45.1 Å². The Hall–Kier alpha value is -8.07. The molecular formula is C53H33N5. The lowest BCUT2D eigenvalue weighted by Crippen LogP contribution is -2.04. The average Bonchev–Trinajstić information content (AvgIpc) is 3.82. The van der Waals surface area contributed by atoms with Crippen LogP contribution in [0.5, 0.6) is 0 Å². The van der Waals surface area contributed by atoms with Crippen LogP contribution >= 0.6 is 0 Å². The molecule has 0 saturated carbocycles. The number of para-hydroxylation sites is 3. The van der Waals surface area contributed by atoms with E-state index in [2.05, 4.69) is 173 Å². The van der Waals surface area contributed by atoms with Gasteiger partial charge in [0.1, 0.15) is 0 Å². The largest absolute Gasteiger partial charge is 0.309 e. The van der Waals surface area contributed by atoms with Crippen LogP contribution in [0.1, 0.15) is 5.56 Å². The molecule has 270 valence electrons. The van der Waals surface area contributed by atoms with Gasteiger partial charge in [-0.05, 0) is 82.9 Å². The monoisotopic (exact) mass is 739 g/mol. The van der Waals surface area contributed by atoms with Crippen molar-refractivity contribution in [2.45, 2.75) is 0 Å². The van der Waals surface area contributed by atoms with Crippen LogP contribution in [-0.4, -0.2) is 19.1 Å². The van der Waals surface area contributed by atoms with Crippen LogP contribution in [0, 0.1) is 11.3 Å². The molecule has 0 aliphatic rings. The molecule has 0 bridgehead atoms. The Bertz CT molecular complexity index is 3370. The first kappa shape index (κ1) is 33.3. The molecule has 58 heavy (non-hydrogen) atoms. The van der Waals surface area contributed by atoms with Crippen molar-refractivity contribution in [3.05, 3.63) is 206 Å².